The van der Waals surface area contributed by atoms with Crippen molar-refractivity contribution in [3.63, 3.8) is 0 Å². The van der Waals surface area contributed by atoms with Crippen molar-refractivity contribution in [3.8, 4) is 11.8 Å². The van der Waals surface area contributed by atoms with Crippen LogP contribution in [-0.2, 0) is 21.2 Å². The van der Waals surface area contributed by atoms with E-state index < -0.39 is 15.9 Å². The van der Waals surface area contributed by atoms with Crippen molar-refractivity contribution in [1.29, 1.82) is 5.26 Å². The standard InChI is InChI=1S/C23H27N3O4S/c1-3-30-22-11-10-21(15-17(22)2)31(28,29)26-14-4-5-19(16-26)23(27)25-20-8-6-18(7-9-20)12-13-24/h6-11,15,19H,3-5,12,14,16H2,1-2H3,(H,25,27)/t19-/m0/s1. The predicted molar refractivity (Wildman–Crippen MR) is 118 cm³/mol. The Morgan fingerprint density at radius 2 is 2.00 bits per heavy atom. The second kappa shape index (κ2) is 9.94. The second-order valence-corrected chi connectivity index (χ2v) is 9.52. The van der Waals surface area contributed by atoms with E-state index in [1.165, 1.54) is 4.31 Å². The fourth-order valence-corrected chi connectivity index (χ4v) is 5.27. The van der Waals surface area contributed by atoms with Crippen molar-refractivity contribution >= 4 is 21.6 Å². The van der Waals surface area contributed by atoms with Crippen LogP contribution in [0.1, 0.15) is 30.9 Å². The summed E-state index contributed by atoms with van der Waals surface area (Å²) >= 11 is 0. The average molecular weight is 442 g/mol. The van der Waals surface area contributed by atoms with Gasteiger partial charge in [0.25, 0.3) is 0 Å². The van der Waals surface area contributed by atoms with Crippen LogP contribution in [0.4, 0.5) is 5.69 Å². The highest BCUT2D eigenvalue weighted by Gasteiger charge is 2.33. The van der Waals surface area contributed by atoms with E-state index in [0.29, 0.717) is 43.9 Å². The molecule has 1 N–H and O–H groups in total. The normalized spacial score (nSPS) is 17.0. The molecule has 0 aliphatic carbocycles. The SMILES string of the molecule is CCOc1ccc(S(=O)(=O)N2CCC[C@H](C(=O)Nc3ccc(CC#N)cc3)C2)cc1C. The smallest absolute Gasteiger partial charge is 0.243 e. The number of sulfonamides is 1. The summed E-state index contributed by atoms with van der Waals surface area (Å²) in [5.74, 6) is 0.0417. The molecule has 31 heavy (non-hydrogen) atoms. The molecule has 2 aromatic rings. The van der Waals surface area contributed by atoms with Crippen LogP contribution in [0.2, 0.25) is 0 Å². The van der Waals surface area contributed by atoms with Gasteiger partial charge in [-0.15, -0.1) is 0 Å². The Bertz CT molecular complexity index is 1070. The van der Waals surface area contributed by atoms with E-state index >= 15 is 0 Å². The molecule has 0 aromatic heterocycles. The number of nitriles is 1. The van der Waals surface area contributed by atoms with Gasteiger partial charge in [-0.2, -0.15) is 9.57 Å². The molecule has 1 aliphatic heterocycles. The molecule has 1 atom stereocenters. The van der Waals surface area contributed by atoms with Crippen LogP contribution in [0, 0.1) is 24.2 Å². The number of anilines is 1. The fraction of sp³-hybridized carbons (Fsp3) is 0.391. The summed E-state index contributed by atoms with van der Waals surface area (Å²) in [7, 11) is -3.70. The fourth-order valence-electron chi connectivity index (χ4n) is 3.67. The summed E-state index contributed by atoms with van der Waals surface area (Å²) in [5, 5.41) is 11.6. The van der Waals surface area contributed by atoms with E-state index in [0.717, 1.165) is 11.1 Å². The number of ether oxygens (including phenoxy) is 1. The summed E-state index contributed by atoms with van der Waals surface area (Å²) in [6.45, 7) is 4.74. The van der Waals surface area contributed by atoms with E-state index in [9.17, 15) is 13.2 Å². The van der Waals surface area contributed by atoms with Crippen LogP contribution < -0.4 is 10.1 Å². The zero-order valence-electron chi connectivity index (χ0n) is 17.8. The van der Waals surface area contributed by atoms with E-state index in [1.807, 2.05) is 13.8 Å². The van der Waals surface area contributed by atoms with Gasteiger partial charge in [-0.1, -0.05) is 12.1 Å². The molecule has 164 valence electrons. The van der Waals surface area contributed by atoms with E-state index in [1.54, 1.807) is 42.5 Å². The van der Waals surface area contributed by atoms with E-state index in [2.05, 4.69) is 11.4 Å². The Kier molecular flexibility index (Phi) is 7.31. The Balaban J connectivity index is 1.69. The van der Waals surface area contributed by atoms with Gasteiger partial charge < -0.3 is 10.1 Å². The molecule has 0 spiro atoms. The zero-order valence-corrected chi connectivity index (χ0v) is 18.6. The number of hydrogen-bond acceptors (Lipinski definition) is 5. The lowest BCUT2D eigenvalue weighted by Gasteiger charge is -2.31. The molecule has 0 saturated carbocycles. The number of rotatable bonds is 7. The van der Waals surface area contributed by atoms with Gasteiger partial charge >= 0.3 is 0 Å². The van der Waals surface area contributed by atoms with Crippen LogP contribution in [0.15, 0.2) is 47.4 Å². The van der Waals surface area contributed by atoms with Gasteiger partial charge in [-0.05, 0) is 68.1 Å². The summed E-state index contributed by atoms with van der Waals surface area (Å²) < 4.78 is 33.2. The maximum atomic E-state index is 13.2. The molecule has 1 fully saturated rings. The second-order valence-electron chi connectivity index (χ2n) is 7.58. The largest absolute Gasteiger partial charge is 0.494 e. The molecule has 0 radical (unpaired) electrons. The monoisotopic (exact) mass is 441 g/mol. The number of carbonyl (C=O) groups is 1. The minimum Gasteiger partial charge on any atom is -0.494 e. The minimum atomic E-state index is -3.70. The maximum absolute atomic E-state index is 13.2. The number of aryl methyl sites for hydroxylation is 1. The number of hydrogen-bond donors (Lipinski definition) is 1. The first-order valence-electron chi connectivity index (χ1n) is 10.4. The molecule has 0 bridgehead atoms. The summed E-state index contributed by atoms with van der Waals surface area (Å²) in [4.78, 5) is 13.0. The lowest BCUT2D eigenvalue weighted by molar-refractivity contribution is -0.120. The first kappa shape index (κ1) is 22.8. The van der Waals surface area contributed by atoms with Crippen molar-refractivity contribution < 1.29 is 17.9 Å². The Labute approximate surface area is 183 Å². The van der Waals surface area contributed by atoms with Crippen LogP contribution in [-0.4, -0.2) is 38.3 Å². The third-order valence-corrected chi connectivity index (χ3v) is 7.20. The highest BCUT2D eigenvalue weighted by molar-refractivity contribution is 7.89. The minimum absolute atomic E-state index is 0.146. The number of nitrogens with one attached hydrogen (secondary N) is 1. The Morgan fingerprint density at radius 1 is 1.26 bits per heavy atom. The molecule has 1 aliphatic rings. The molecule has 2 aromatic carbocycles. The maximum Gasteiger partial charge on any atom is 0.243 e. The molecular formula is C23H27N3O4S. The molecule has 1 saturated heterocycles. The van der Waals surface area contributed by atoms with Gasteiger partial charge in [0.15, 0.2) is 0 Å². The summed E-state index contributed by atoms with van der Waals surface area (Å²) in [6.07, 6.45) is 1.57. The first-order valence-corrected chi connectivity index (χ1v) is 11.8. The van der Waals surface area contributed by atoms with Gasteiger partial charge in [-0.25, -0.2) is 8.42 Å². The topological polar surface area (TPSA) is 99.5 Å². The molecule has 8 heteroatoms. The van der Waals surface area contributed by atoms with Gasteiger partial charge in [0.1, 0.15) is 5.75 Å². The quantitative estimate of drug-likeness (QED) is 0.709. The van der Waals surface area contributed by atoms with Crippen LogP contribution in [0.25, 0.3) is 0 Å². The molecular weight excluding hydrogens is 414 g/mol. The Morgan fingerprint density at radius 3 is 2.65 bits per heavy atom. The average Bonchev–Trinajstić information content (AvgIpc) is 2.77. The van der Waals surface area contributed by atoms with E-state index in [4.69, 9.17) is 10.00 Å². The lowest BCUT2D eigenvalue weighted by atomic mass is 9.98. The number of benzene rings is 2. The van der Waals surface area contributed by atoms with Gasteiger partial charge in [-0.3, -0.25) is 4.79 Å². The van der Waals surface area contributed by atoms with Crippen molar-refractivity contribution in [2.75, 3.05) is 25.0 Å². The number of carbonyl (C=O) groups excluding carboxylic acids is 1. The molecule has 3 rings (SSSR count). The van der Waals surface area contributed by atoms with Crippen LogP contribution in [0.3, 0.4) is 0 Å². The van der Waals surface area contributed by atoms with Crippen molar-refractivity contribution in [1.82, 2.24) is 4.31 Å². The molecule has 0 unspecified atom stereocenters. The van der Waals surface area contributed by atoms with Crippen molar-refractivity contribution in [2.24, 2.45) is 5.92 Å². The summed E-state index contributed by atoms with van der Waals surface area (Å²) in [5.41, 5.74) is 2.27. The number of nitrogens with zero attached hydrogens (tertiary/aromatic N) is 2. The highest BCUT2D eigenvalue weighted by Crippen LogP contribution is 2.28. The van der Waals surface area contributed by atoms with Crippen molar-refractivity contribution in [3.05, 3.63) is 53.6 Å². The molecule has 1 heterocycles. The molecule has 7 nitrogen and oxygen atoms in total. The highest BCUT2D eigenvalue weighted by atomic mass is 32.2. The third kappa shape index (κ3) is 5.43. The van der Waals surface area contributed by atoms with Gasteiger partial charge in [0.05, 0.1) is 29.9 Å². The molecule has 1 amide bonds. The van der Waals surface area contributed by atoms with Crippen LogP contribution in [0.5, 0.6) is 5.75 Å². The third-order valence-electron chi connectivity index (χ3n) is 5.34. The van der Waals surface area contributed by atoms with Crippen molar-refractivity contribution in [2.45, 2.75) is 38.0 Å². The van der Waals surface area contributed by atoms with Gasteiger partial charge in [0, 0.05) is 18.8 Å². The van der Waals surface area contributed by atoms with Gasteiger partial charge in [0.2, 0.25) is 15.9 Å². The number of amides is 1. The van der Waals surface area contributed by atoms with Crippen LogP contribution >= 0.6 is 0 Å². The Hall–Kier alpha value is -2.89. The summed E-state index contributed by atoms with van der Waals surface area (Å²) in [6, 6.07) is 14.0. The van der Waals surface area contributed by atoms with E-state index in [-0.39, 0.29) is 17.3 Å². The predicted octanol–water partition coefficient (Wildman–Crippen LogP) is 3.50. The lowest BCUT2D eigenvalue weighted by Crippen LogP contribution is -2.43. The first-order chi connectivity index (χ1) is 14.8. The number of piperidine rings is 1. The zero-order chi connectivity index (χ0) is 22.4.